The molecule has 0 amide bonds. The third-order valence-corrected chi connectivity index (χ3v) is 7.84. The van der Waals surface area contributed by atoms with Crippen LogP contribution >= 0.6 is 0 Å². The quantitative estimate of drug-likeness (QED) is 0.119. The van der Waals surface area contributed by atoms with Crippen LogP contribution in [-0.2, 0) is 14.2 Å². The molecule has 46 heavy (non-hydrogen) atoms. The first kappa shape index (κ1) is 33.6. The van der Waals surface area contributed by atoms with Gasteiger partial charge in [0.1, 0.15) is 66.1 Å². The Bertz CT molecular complexity index is 1590. The monoisotopic (exact) mass is 654 g/mol. The average Bonchev–Trinajstić information content (AvgIpc) is 3.05. The van der Waals surface area contributed by atoms with E-state index < -0.39 is 91.6 Å². The van der Waals surface area contributed by atoms with Crippen molar-refractivity contribution in [3.63, 3.8) is 0 Å². The Hall–Kier alpha value is -3.75. The van der Waals surface area contributed by atoms with E-state index in [-0.39, 0.29) is 39.3 Å². The largest absolute Gasteiger partial charge is 0.504 e. The first-order valence-electron chi connectivity index (χ1n) is 13.9. The Kier molecular flexibility index (Phi) is 9.89. The minimum atomic E-state index is -1.82. The molecule has 17 heteroatoms. The summed E-state index contributed by atoms with van der Waals surface area (Å²) in [6, 6.07) is 5.09. The number of hydrogen-bond donors (Lipinski definition) is 9. The second-order valence-corrected chi connectivity index (χ2v) is 10.7. The van der Waals surface area contributed by atoms with Crippen LogP contribution in [0.5, 0.6) is 28.7 Å². The Morgan fingerprint density at radius 2 is 1.43 bits per heavy atom. The summed E-state index contributed by atoms with van der Waals surface area (Å²) in [7, 11) is 2.57. The van der Waals surface area contributed by atoms with Crippen molar-refractivity contribution in [1.82, 2.24) is 0 Å². The molecule has 0 unspecified atom stereocenters. The normalized spacial score (nSPS) is 31.5. The van der Waals surface area contributed by atoms with Gasteiger partial charge in [0.2, 0.25) is 17.5 Å². The number of methoxy groups -OCH3 is 2. The average molecular weight is 655 g/mol. The zero-order chi connectivity index (χ0) is 33.4. The van der Waals surface area contributed by atoms with Crippen LogP contribution < -0.4 is 19.6 Å². The lowest BCUT2D eigenvalue weighted by molar-refractivity contribution is -0.323. The van der Waals surface area contributed by atoms with E-state index >= 15 is 0 Å². The van der Waals surface area contributed by atoms with Crippen molar-refractivity contribution in [1.29, 1.82) is 0 Å². The first-order valence-corrected chi connectivity index (χ1v) is 13.9. The van der Waals surface area contributed by atoms with Gasteiger partial charge in [-0.1, -0.05) is 6.07 Å². The number of phenols is 2. The van der Waals surface area contributed by atoms with Gasteiger partial charge in [-0.15, -0.1) is 0 Å². The SMILES string of the molecule is COc1cc2occ(-c3ccc(O[C@@H]4O[C@@H](CO[C@@H]5O[C@@H](CO)[C@@H](O)[C@@H](O)[C@H]5O)[C@@H](O)[C@@H](O)[C@H]4O)c(O)c3)c(=O)c2c(OC)c1O. The van der Waals surface area contributed by atoms with Crippen LogP contribution in [-0.4, -0.2) is 135 Å². The Morgan fingerprint density at radius 3 is 2.07 bits per heavy atom. The topological polar surface area (TPSA) is 268 Å². The van der Waals surface area contributed by atoms with Crippen LogP contribution in [0.15, 0.2) is 39.7 Å². The van der Waals surface area contributed by atoms with Crippen molar-refractivity contribution in [3.8, 4) is 39.9 Å². The molecule has 2 aliphatic rings. The van der Waals surface area contributed by atoms with Gasteiger partial charge in [0, 0.05) is 6.07 Å². The molecule has 2 saturated heterocycles. The summed E-state index contributed by atoms with van der Waals surface area (Å²) in [6.45, 7) is -1.28. The lowest BCUT2D eigenvalue weighted by Gasteiger charge is -2.42. The molecule has 3 aromatic rings. The van der Waals surface area contributed by atoms with Gasteiger partial charge in [0.05, 0.1) is 33.0 Å². The summed E-state index contributed by atoms with van der Waals surface area (Å²) in [5.41, 5.74) is -0.382. The zero-order valence-electron chi connectivity index (χ0n) is 24.4. The third-order valence-electron chi connectivity index (χ3n) is 7.84. The highest BCUT2D eigenvalue weighted by Gasteiger charge is 2.48. The minimum absolute atomic E-state index is 0.0184. The summed E-state index contributed by atoms with van der Waals surface area (Å²) in [5.74, 6) is -1.35. The zero-order valence-corrected chi connectivity index (χ0v) is 24.4. The fourth-order valence-electron chi connectivity index (χ4n) is 5.23. The molecular formula is C29H34O17. The van der Waals surface area contributed by atoms with E-state index in [0.29, 0.717) is 0 Å². The molecule has 5 rings (SSSR count). The number of rotatable bonds is 9. The Labute approximate surface area is 259 Å². The molecule has 0 bridgehead atoms. The van der Waals surface area contributed by atoms with Gasteiger partial charge < -0.3 is 78.8 Å². The van der Waals surface area contributed by atoms with Gasteiger partial charge in [0.15, 0.2) is 29.3 Å². The smallest absolute Gasteiger partial charge is 0.229 e. The summed E-state index contributed by atoms with van der Waals surface area (Å²) in [4.78, 5) is 13.4. The number of ether oxygens (including phenoxy) is 6. The van der Waals surface area contributed by atoms with E-state index in [0.717, 1.165) is 12.3 Å². The number of phenolic OH excluding ortho intramolecular Hbond substituents is 2. The minimum Gasteiger partial charge on any atom is -0.504 e. The van der Waals surface area contributed by atoms with Crippen molar-refractivity contribution in [2.24, 2.45) is 0 Å². The van der Waals surface area contributed by atoms with Gasteiger partial charge in [0.25, 0.3) is 0 Å². The highest BCUT2D eigenvalue weighted by atomic mass is 16.7. The Balaban J connectivity index is 1.34. The molecule has 10 atom stereocenters. The van der Waals surface area contributed by atoms with E-state index in [9.17, 15) is 50.8 Å². The Morgan fingerprint density at radius 1 is 0.783 bits per heavy atom. The van der Waals surface area contributed by atoms with Gasteiger partial charge in [-0.25, -0.2) is 0 Å². The summed E-state index contributed by atoms with van der Waals surface area (Å²) in [5, 5.41) is 91.9. The van der Waals surface area contributed by atoms with E-state index in [1.165, 1.54) is 32.4 Å². The molecule has 9 N–H and O–H groups in total. The first-order chi connectivity index (χ1) is 21.9. The summed E-state index contributed by atoms with van der Waals surface area (Å²) >= 11 is 0. The molecule has 0 saturated carbocycles. The van der Waals surface area contributed by atoms with Crippen molar-refractivity contribution < 1.29 is 78.8 Å². The molecular weight excluding hydrogens is 620 g/mol. The standard InChI is InChI=1S/C29H34O17/c1-40-15-6-14-18(27(41-2)22(15)35)19(32)11(8-42-14)10-3-4-13(12(31)5-10)44-29-26(39)24(37)21(34)17(46-29)9-43-28-25(38)23(36)20(33)16(7-30)45-28/h3-6,8,16-17,20-21,23-26,28-31,33-39H,7,9H2,1-2H3/t16-,17-,20+,21+,23+,24+,25+,26+,28+,29+/m0/s1. The number of benzene rings is 2. The molecule has 2 aliphatic heterocycles. The van der Waals surface area contributed by atoms with Crippen LogP contribution in [0, 0.1) is 0 Å². The van der Waals surface area contributed by atoms with Gasteiger partial charge in [-0.05, 0) is 17.7 Å². The summed E-state index contributed by atoms with van der Waals surface area (Å²) < 4.78 is 37.7. The van der Waals surface area contributed by atoms with E-state index in [4.69, 9.17) is 32.8 Å². The van der Waals surface area contributed by atoms with E-state index in [1.54, 1.807) is 0 Å². The van der Waals surface area contributed by atoms with Crippen LogP contribution in [0.1, 0.15) is 0 Å². The predicted octanol–water partition coefficient (Wildman–Crippen LogP) is -2.11. The van der Waals surface area contributed by atoms with Crippen molar-refractivity contribution in [2.45, 2.75) is 61.4 Å². The van der Waals surface area contributed by atoms with Crippen LogP contribution in [0.4, 0.5) is 0 Å². The molecule has 0 aliphatic carbocycles. The predicted molar refractivity (Wildman–Crippen MR) is 151 cm³/mol. The molecule has 0 spiro atoms. The molecule has 0 radical (unpaired) electrons. The molecule has 17 nitrogen and oxygen atoms in total. The van der Waals surface area contributed by atoms with Crippen molar-refractivity contribution >= 4 is 11.0 Å². The van der Waals surface area contributed by atoms with Crippen LogP contribution in [0.25, 0.3) is 22.1 Å². The third kappa shape index (κ3) is 6.05. The molecule has 2 fully saturated rings. The lowest BCUT2D eigenvalue weighted by Crippen LogP contribution is -2.62. The number of hydrogen-bond acceptors (Lipinski definition) is 17. The number of aliphatic hydroxyl groups is 7. The molecule has 2 aromatic carbocycles. The van der Waals surface area contributed by atoms with E-state index in [1.807, 2.05) is 0 Å². The van der Waals surface area contributed by atoms with Crippen molar-refractivity contribution in [3.05, 3.63) is 40.8 Å². The number of fused-ring (bicyclic) bond motifs is 1. The maximum absolute atomic E-state index is 13.4. The highest BCUT2D eigenvalue weighted by molar-refractivity contribution is 5.91. The maximum Gasteiger partial charge on any atom is 0.229 e. The molecule has 252 valence electrons. The van der Waals surface area contributed by atoms with E-state index in [2.05, 4.69) is 0 Å². The van der Waals surface area contributed by atoms with Crippen LogP contribution in [0.3, 0.4) is 0 Å². The fourth-order valence-corrected chi connectivity index (χ4v) is 5.23. The lowest BCUT2D eigenvalue weighted by atomic mass is 9.98. The van der Waals surface area contributed by atoms with Gasteiger partial charge in [-0.3, -0.25) is 4.79 Å². The number of aromatic hydroxyl groups is 2. The maximum atomic E-state index is 13.4. The molecule has 1 aromatic heterocycles. The number of aliphatic hydroxyl groups excluding tert-OH is 7. The van der Waals surface area contributed by atoms with Gasteiger partial charge in [-0.2, -0.15) is 0 Å². The van der Waals surface area contributed by atoms with Crippen molar-refractivity contribution in [2.75, 3.05) is 27.4 Å². The second-order valence-electron chi connectivity index (χ2n) is 10.7. The molecule has 3 heterocycles. The highest BCUT2D eigenvalue weighted by Crippen LogP contribution is 2.42. The summed E-state index contributed by atoms with van der Waals surface area (Å²) in [6.07, 6.45) is -15.2. The second kappa shape index (κ2) is 13.5. The van der Waals surface area contributed by atoms with Crippen LogP contribution in [0.2, 0.25) is 0 Å². The van der Waals surface area contributed by atoms with Gasteiger partial charge >= 0.3 is 0 Å². The fraction of sp³-hybridized carbons (Fsp3) is 0.483.